The largest absolute Gasteiger partial charge is 0.444 e. The number of piperazine rings is 1. The van der Waals surface area contributed by atoms with E-state index >= 15 is 0 Å². The Bertz CT molecular complexity index is 891. The van der Waals surface area contributed by atoms with Gasteiger partial charge in [-0.25, -0.2) is 4.79 Å². The van der Waals surface area contributed by atoms with Gasteiger partial charge in [0.05, 0.1) is 5.02 Å². The highest BCUT2D eigenvalue weighted by atomic mass is 79.9. The first-order chi connectivity index (χ1) is 14.9. The topological polar surface area (TPSA) is 96.2 Å². The molecule has 0 aromatic heterocycles. The normalized spacial score (nSPS) is 17.8. The number of nitrogens with zero attached hydrogens (tertiary/aromatic N) is 3. The molecular formula is C22H30BrClN4O4. The number of benzene rings is 1. The average molecular weight is 530 g/mol. The van der Waals surface area contributed by atoms with Crippen LogP contribution in [0, 0.1) is 0 Å². The molecule has 3 amide bonds. The Morgan fingerprint density at radius 3 is 2.31 bits per heavy atom. The van der Waals surface area contributed by atoms with Crippen molar-refractivity contribution < 1.29 is 19.1 Å². The first kappa shape index (κ1) is 24.8. The van der Waals surface area contributed by atoms with Crippen LogP contribution < -0.4 is 5.73 Å². The molecule has 2 fully saturated rings. The number of carbonyl (C=O) groups excluding carboxylic acids is 3. The van der Waals surface area contributed by atoms with E-state index in [0.717, 1.165) is 13.1 Å². The molecule has 32 heavy (non-hydrogen) atoms. The van der Waals surface area contributed by atoms with Gasteiger partial charge in [0.15, 0.2) is 0 Å². The molecule has 2 aliphatic heterocycles. The van der Waals surface area contributed by atoms with Crippen LogP contribution in [0.4, 0.5) is 4.79 Å². The van der Waals surface area contributed by atoms with Crippen molar-refractivity contribution in [2.75, 3.05) is 39.3 Å². The third-order valence-electron chi connectivity index (χ3n) is 5.72. The minimum atomic E-state index is -0.559. The summed E-state index contributed by atoms with van der Waals surface area (Å²) in [6.07, 6.45) is 0.442. The molecule has 0 unspecified atom stereocenters. The summed E-state index contributed by atoms with van der Waals surface area (Å²) in [4.78, 5) is 42.4. The number of amides is 3. The van der Waals surface area contributed by atoms with E-state index in [1.807, 2.05) is 25.7 Å². The number of primary amides is 1. The van der Waals surface area contributed by atoms with Gasteiger partial charge in [0.1, 0.15) is 5.60 Å². The second-order valence-corrected chi connectivity index (χ2v) is 10.5. The zero-order valence-electron chi connectivity index (χ0n) is 18.7. The van der Waals surface area contributed by atoms with Gasteiger partial charge < -0.3 is 20.3 Å². The summed E-state index contributed by atoms with van der Waals surface area (Å²) < 4.78 is 6.07. The standard InChI is InChI=1S/C22H30BrClN4O4/c1-22(2,3)32-21(31)28-12-15(13-28)26-6-8-27(9-7-26)19(29)5-4-14-10-17(23)18(24)11-16(14)20(25)30/h10-11,15H,4-9,12-13H2,1-3H3,(H2,25,30). The molecule has 10 heteroatoms. The summed E-state index contributed by atoms with van der Waals surface area (Å²) in [5.41, 5.74) is 6.01. The van der Waals surface area contributed by atoms with Crippen molar-refractivity contribution in [2.45, 2.75) is 45.3 Å². The lowest BCUT2D eigenvalue weighted by Gasteiger charge is -2.48. The number of ether oxygens (including phenoxy) is 1. The fourth-order valence-corrected chi connectivity index (χ4v) is 4.48. The molecule has 0 radical (unpaired) electrons. The van der Waals surface area contributed by atoms with E-state index in [1.165, 1.54) is 6.07 Å². The van der Waals surface area contributed by atoms with Crippen molar-refractivity contribution in [3.05, 3.63) is 32.8 Å². The Kier molecular flexibility index (Phi) is 7.73. The lowest BCUT2D eigenvalue weighted by Crippen LogP contribution is -2.64. The van der Waals surface area contributed by atoms with Crippen molar-refractivity contribution in [1.29, 1.82) is 0 Å². The van der Waals surface area contributed by atoms with E-state index in [9.17, 15) is 14.4 Å². The van der Waals surface area contributed by atoms with E-state index in [0.29, 0.717) is 65.7 Å². The van der Waals surface area contributed by atoms with Crippen LogP contribution in [0.3, 0.4) is 0 Å². The second-order valence-electron chi connectivity index (χ2n) is 9.24. The quantitative estimate of drug-likeness (QED) is 0.633. The molecule has 0 aliphatic carbocycles. The van der Waals surface area contributed by atoms with E-state index < -0.39 is 11.5 Å². The van der Waals surface area contributed by atoms with Gasteiger partial charge in [-0.15, -0.1) is 0 Å². The van der Waals surface area contributed by atoms with Crippen LogP contribution in [0.15, 0.2) is 16.6 Å². The molecule has 1 aromatic rings. The molecule has 2 aliphatic rings. The number of nitrogens with two attached hydrogens (primary N) is 1. The van der Waals surface area contributed by atoms with Crippen molar-refractivity contribution >= 4 is 45.4 Å². The number of hydrogen-bond acceptors (Lipinski definition) is 5. The highest BCUT2D eigenvalue weighted by Crippen LogP contribution is 2.27. The fraction of sp³-hybridized carbons (Fsp3) is 0.591. The summed E-state index contributed by atoms with van der Waals surface area (Å²) in [5.74, 6) is -0.508. The lowest BCUT2D eigenvalue weighted by atomic mass is 10.0. The van der Waals surface area contributed by atoms with Gasteiger partial charge in [0, 0.05) is 61.8 Å². The summed E-state index contributed by atoms with van der Waals surface area (Å²) in [7, 11) is 0. The molecule has 1 aromatic carbocycles. The van der Waals surface area contributed by atoms with E-state index in [4.69, 9.17) is 22.1 Å². The summed E-state index contributed by atoms with van der Waals surface area (Å²) in [6.45, 7) is 9.74. The summed E-state index contributed by atoms with van der Waals surface area (Å²) in [5, 5.41) is 0.409. The zero-order valence-corrected chi connectivity index (χ0v) is 21.0. The predicted molar refractivity (Wildman–Crippen MR) is 126 cm³/mol. The molecular weight excluding hydrogens is 500 g/mol. The number of rotatable bonds is 5. The minimum Gasteiger partial charge on any atom is -0.444 e. The maximum atomic E-state index is 12.7. The lowest BCUT2D eigenvalue weighted by molar-refractivity contribution is -0.133. The Hall–Kier alpha value is -1.84. The Labute approximate surface area is 202 Å². The highest BCUT2D eigenvalue weighted by Gasteiger charge is 2.38. The SMILES string of the molecule is CC(C)(C)OC(=O)N1CC(N2CCN(C(=O)CCc3cc(Br)c(Cl)cc3C(N)=O)CC2)C1. The first-order valence-corrected chi connectivity index (χ1v) is 11.9. The predicted octanol–water partition coefficient (Wildman–Crippen LogP) is 2.90. The zero-order chi connectivity index (χ0) is 23.6. The molecule has 176 valence electrons. The van der Waals surface area contributed by atoms with Gasteiger partial charge in [-0.05, 0) is 60.8 Å². The molecule has 0 atom stereocenters. The van der Waals surface area contributed by atoms with E-state index in [2.05, 4.69) is 20.8 Å². The fourth-order valence-electron chi connectivity index (χ4n) is 3.92. The minimum absolute atomic E-state index is 0.0510. The van der Waals surface area contributed by atoms with Gasteiger partial charge in [-0.1, -0.05) is 11.6 Å². The van der Waals surface area contributed by atoms with Gasteiger partial charge in [-0.2, -0.15) is 0 Å². The number of halogens is 2. The summed E-state index contributed by atoms with van der Waals surface area (Å²) >= 11 is 9.42. The van der Waals surface area contributed by atoms with E-state index in [1.54, 1.807) is 11.0 Å². The average Bonchev–Trinajstić information content (AvgIpc) is 2.66. The third kappa shape index (κ3) is 6.14. The van der Waals surface area contributed by atoms with Crippen molar-refractivity contribution in [1.82, 2.24) is 14.7 Å². The maximum absolute atomic E-state index is 12.7. The third-order valence-corrected chi connectivity index (χ3v) is 6.91. The molecule has 2 N–H and O–H groups in total. The van der Waals surface area contributed by atoms with E-state index in [-0.39, 0.29) is 12.0 Å². The van der Waals surface area contributed by atoms with Crippen LogP contribution in [-0.2, 0) is 16.0 Å². The number of aryl methyl sites for hydroxylation is 1. The van der Waals surface area contributed by atoms with Gasteiger partial charge in [-0.3, -0.25) is 14.5 Å². The molecule has 3 rings (SSSR count). The van der Waals surface area contributed by atoms with Crippen molar-refractivity contribution in [3.63, 3.8) is 0 Å². The Morgan fingerprint density at radius 2 is 1.75 bits per heavy atom. The van der Waals surface area contributed by atoms with Crippen LogP contribution in [0.1, 0.15) is 43.1 Å². The summed E-state index contributed by atoms with van der Waals surface area (Å²) in [6, 6.07) is 3.59. The Morgan fingerprint density at radius 1 is 1.12 bits per heavy atom. The van der Waals surface area contributed by atoms with Crippen molar-refractivity contribution in [3.8, 4) is 0 Å². The van der Waals surface area contributed by atoms with Crippen LogP contribution in [0.25, 0.3) is 0 Å². The second kappa shape index (κ2) is 9.97. The van der Waals surface area contributed by atoms with Gasteiger partial charge >= 0.3 is 6.09 Å². The maximum Gasteiger partial charge on any atom is 0.410 e. The first-order valence-electron chi connectivity index (χ1n) is 10.7. The molecule has 2 heterocycles. The van der Waals surface area contributed by atoms with Gasteiger partial charge in [0.25, 0.3) is 0 Å². The van der Waals surface area contributed by atoms with Crippen LogP contribution in [0.5, 0.6) is 0 Å². The monoisotopic (exact) mass is 528 g/mol. The highest BCUT2D eigenvalue weighted by molar-refractivity contribution is 9.10. The smallest absolute Gasteiger partial charge is 0.410 e. The molecule has 0 spiro atoms. The van der Waals surface area contributed by atoms with Crippen LogP contribution >= 0.6 is 27.5 Å². The molecule has 0 saturated carbocycles. The number of likely N-dealkylation sites (tertiary alicyclic amines) is 1. The van der Waals surface area contributed by atoms with Crippen LogP contribution in [-0.4, -0.2) is 83.5 Å². The number of hydrogen-bond donors (Lipinski definition) is 1. The van der Waals surface area contributed by atoms with Crippen LogP contribution in [0.2, 0.25) is 5.02 Å². The molecule has 2 saturated heterocycles. The molecule has 8 nitrogen and oxygen atoms in total. The van der Waals surface area contributed by atoms with Crippen molar-refractivity contribution in [2.24, 2.45) is 5.73 Å². The Balaban J connectivity index is 1.45. The van der Waals surface area contributed by atoms with Gasteiger partial charge in [0.2, 0.25) is 11.8 Å². The number of carbonyl (C=O) groups is 3. The molecule has 0 bridgehead atoms.